The maximum absolute atomic E-state index is 13.3. The van der Waals surface area contributed by atoms with Crippen LogP contribution in [0, 0.1) is 5.82 Å². The summed E-state index contributed by atoms with van der Waals surface area (Å²) in [6, 6.07) is 18.0. The predicted molar refractivity (Wildman–Crippen MR) is 94.7 cm³/mol. The number of rotatable bonds is 3. The minimum Gasteiger partial charge on any atom is -0.505 e. The van der Waals surface area contributed by atoms with Crippen LogP contribution in [-0.4, -0.2) is 22.0 Å². The van der Waals surface area contributed by atoms with Crippen molar-refractivity contribution in [2.24, 2.45) is 0 Å². The van der Waals surface area contributed by atoms with E-state index >= 15 is 0 Å². The average molecular weight is 334 g/mol. The van der Waals surface area contributed by atoms with Crippen LogP contribution in [0.2, 0.25) is 0 Å². The molecule has 0 aliphatic heterocycles. The predicted octanol–water partition coefficient (Wildman–Crippen LogP) is 4.55. The molecule has 25 heavy (non-hydrogen) atoms. The van der Waals surface area contributed by atoms with E-state index in [-0.39, 0.29) is 0 Å². The van der Waals surface area contributed by atoms with Gasteiger partial charge in [-0.1, -0.05) is 18.2 Å². The number of benzene rings is 3. The number of hydrogen-bond donors (Lipinski definition) is 1. The van der Waals surface area contributed by atoms with E-state index in [0.29, 0.717) is 5.69 Å². The SMILES string of the molecule is COc1ccc(-c2ccc3c(cnn3-c3ccc(F)c(O)c3)c2)cc1. The summed E-state index contributed by atoms with van der Waals surface area (Å²) < 4.78 is 20.1. The number of methoxy groups -OCH3 is 1. The molecule has 0 bridgehead atoms. The Kier molecular flexibility index (Phi) is 3.61. The van der Waals surface area contributed by atoms with Crippen molar-refractivity contribution in [1.82, 2.24) is 9.78 Å². The molecule has 4 rings (SSSR count). The molecule has 0 unspecified atom stereocenters. The van der Waals surface area contributed by atoms with Crippen LogP contribution < -0.4 is 4.74 Å². The van der Waals surface area contributed by atoms with Crippen molar-refractivity contribution in [3.63, 3.8) is 0 Å². The number of fused-ring (bicyclic) bond motifs is 1. The quantitative estimate of drug-likeness (QED) is 0.598. The Balaban J connectivity index is 1.76. The molecule has 0 fully saturated rings. The van der Waals surface area contributed by atoms with Crippen LogP contribution in [0.4, 0.5) is 4.39 Å². The molecule has 0 radical (unpaired) electrons. The van der Waals surface area contributed by atoms with E-state index in [1.165, 1.54) is 12.1 Å². The highest BCUT2D eigenvalue weighted by Gasteiger charge is 2.09. The van der Waals surface area contributed by atoms with Crippen molar-refractivity contribution < 1.29 is 14.2 Å². The number of phenolic OH excluding ortho intramolecular Hbond substituents is 1. The first kappa shape index (κ1) is 15.2. The Bertz CT molecular complexity index is 1060. The fourth-order valence-corrected chi connectivity index (χ4v) is 2.83. The molecular weight excluding hydrogens is 319 g/mol. The fourth-order valence-electron chi connectivity index (χ4n) is 2.83. The second-order valence-corrected chi connectivity index (χ2v) is 5.69. The highest BCUT2D eigenvalue weighted by Crippen LogP contribution is 2.28. The van der Waals surface area contributed by atoms with Gasteiger partial charge in [-0.3, -0.25) is 0 Å². The maximum Gasteiger partial charge on any atom is 0.164 e. The zero-order valence-corrected chi connectivity index (χ0v) is 13.5. The number of hydrogen-bond acceptors (Lipinski definition) is 3. The van der Waals surface area contributed by atoms with Crippen LogP contribution in [0.15, 0.2) is 66.9 Å². The van der Waals surface area contributed by atoms with Crippen LogP contribution in [0.5, 0.6) is 11.5 Å². The first-order valence-corrected chi connectivity index (χ1v) is 7.77. The maximum atomic E-state index is 13.3. The molecule has 0 saturated carbocycles. The van der Waals surface area contributed by atoms with Gasteiger partial charge in [0.15, 0.2) is 11.6 Å². The van der Waals surface area contributed by atoms with Crippen molar-refractivity contribution in [2.75, 3.05) is 7.11 Å². The fraction of sp³-hybridized carbons (Fsp3) is 0.0500. The summed E-state index contributed by atoms with van der Waals surface area (Å²) in [5.41, 5.74) is 3.63. The van der Waals surface area contributed by atoms with Crippen molar-refractivity contribution >= 4 is 10.9 Å². The molecule has 124 valence electrons. The number of aromatic nitrogens is 2. The van der Waals surface area contributed by atoms with Gasteiger partial charge >= 0.3 is 0 Å². The second-order valence-electron chi connectivity index (χ2n) is 5.69. The van der Waals surface area contributed by atoms with Gasteiger partial charge in [0.2, 0.25) is 0 Å². The highest BCUT2D eigenvalue weighted by molar-refractivity contribution is 5.85. The van der Waals surface area contributed by atoms with Crippen molar-refractivity contribution in [3.8, 4) is 28.3 Å². The molecule has 0 amide bonds. The Hall–Kier alpha value is -3.34. The summed E-state index contributed by atoms with van der Waals surface area (Å²) in [7, 11) is 1.64. The third-order valence-corrected chi connectivity index (χ3v) is 4.17. The van der Waals surface area contributed by atoms with E-state index in [9.17, 15) is 9.50 Å². The van der Waals surface area contributed by atoms with Crippen LogP contribution in [-0.2, 0) is 0 Å². The van der Waals surface area contributed by atoms with Gasteiger partial charge in [0, 0.05) is 11.5 Å². The second kappa shape index (κ2) is 5.94. The van der Waals surface area contributed by atoms with Gasteiger partial charge < -0.3 is 9.84 Å². The molecule has 3 aromatic carbocycles. The molecule has 0 aliphatic rings. The lowest BCUT2D eigenvalue weighted by Crippen LogP contribution is -1.96. The summed E-state index contributed by atoms with van der Waals surface area (Å²) in [5.74, 6) is -0.230. The zero-order chi connectivity index (χ0) is 17.4. The first-order valence-electron chi connectivity index (χ1n) is 7.77. The molecule has 4 nitrogen and oxygen atoms in total. The molecule has 1 aromatic heterocycles. The molecule has 1 N–H and O–H groups in total. The lowest BCUT2D eigenvalue weighted by atomic mass is 10.0. The third-order valence-electron chi connectivity index (χ3n) is 4.17. The molecule has 0 atom stereocenters. The molecule has 5 heteroatoms. The van der Waals surface area contributed by atoms with Crippen LogP contribution in [0.3, 0.4) is 0 Å². The lowest BCUT2D eigenvalue weighted by Gasteiger charge is -2.07. The van der Waals surface area contributed by atoms with Gasteiger partial charge in [-0.25, -0.2) is 9.07 Å². The van der Waals surface area contributed by atoms with E-state index in [1.54, 1.807) is 24.1 Å². The van der Waals surface area contributed by atoms with Crippen molar-refractivity contribution in [2.45, 2.75) is 0 Å². The van der Waals surface area contributed by atoms with Crippen molar-refractivity contribution in [3.05, 3.63) is 72.7 Å². The standard InChI is InChI=1S/C20H15FN2O2/c1-25-17-6-2-13(3-7-17)14-4-9-19-15(10-14)12-22-23(19)16-5-8-18(21)20(24)11-16/h2-12,24H,1H3. The summed E-state index contributed by atoms with van der Waals surface area (Å²) >= 11 is 0. The van der Waals surface area contributed by atoms with Crippen LogP contribution in [0.1, 0.15) is 0 Å². The summed E-state index contributed by atoms with van der Waals surface area (Å²) in [5, 5.41) is 14.9. The van der Waals surface area contributed by atoms with Gasteiger partial charge in [0.25, 0.3) is 0 Å². The van der Waals surface area contributed by atoms with Gasteiger partial charge in [-0.2, -0.15) is 5.10 Å². The summed E-state index contributed by atoms with van der Waals surface area (Å²) in [6.45, 7) is 0. The Morgan fingerprint density at radius 2 is 1.72 bits per heavy atom. The highest BCUT2D eigenvalue weighted by atomic mass is 19.1. The van der Waals surface area contributed by atoms with E-state index < -0.39 is 11.6 Å². The van der Waals surface area contributed by atoms with Crippen LogP contribution >= 0.6 is 0 Å². The van der Waals surface area contributed by atoms with E-state index in [0.717, 1.165) is 27.8 Å². The molecule has 4 aromatic rings. The zero-order valence-electron chi connectivity index (χ0n) is 13.5. The number of halogens is 1. The van der Waals surface area contributed by atoms with E-state index in [1.807, 2.05) is 42.5 Å². The Morgan fingerprint density at radius 1 is 0.960 bits per heavy atom. The molecule has 0 aliphatic carbocycles. The Labute approximate surface area is 143 Å². The number of nitrogens with zero attached hydrogens (tertiary/aromatic N) is 2. The molecule has 0 spiro atoms. The first-order chi connectivity index (χ1) is 12.2. The summed E-state index contributed by atoms with van der Waals surface area (Å²) in [6.07, 6.45) is 1.75. The van der Waals surface area contributed by atoms with Gasteiger partial charge in [0.05, 0.1) is 24.5 Å². The lowest BCUT2D eigenvalue weighted by molar-refractivity contribution is 0.415. The number of aromatic hydroxyl groups is 1. The van der Waals surface area contributed by atoms with Gasteiger partial charge in [-0.05, 0) is 47.5 Å². The molecule has 1 heterocycles. The minimum atomic E-state index is -0.651. The molecule has 0 saturated heterocycles. The monoisotopic (exact) mass is 334 g/mol. The van der Waals surface area contributed by atoms with Crippen LogP contribution in [0.25, 0.3) is 27.7 Å². The van der Waals surface area contributed by atoms with E-state index in [4.69, 9.17) is 4.74 Å². The Morgan fingerprint density at radius 3 is 2.44 bits per heavy atom. The number of phenols is 1. The normalized spacial score (nSPS) is 11.0. The minimum absolute atomic E-state index is 0.393. The third kappa shape index (κ3) is 2.70. The largest absolute Gasteiger partial charge is 0.505 e. The number of ether oxygens (including phenoxy) is 1. The summed E-state index contributed by atoms with van der Waals surface area (Å²) in [4.78, 5) is 0. The molecular formula is C20H15FN2O2. The van der Waals surface area contributed by atoms with Crippen molar-refractivity contribution in [1.29, 1.82) is 0 Å². The van der Waals surface area contributed by atoms with Gasteiger partial charge in [0.1, 0.15) is 5.75 Å². The smallest absolute Gasteiger partial charge is 0.164 e. The van der Waals surface area contributed by atoms with E-state index in [2.05, 4.69) is 5.10 Å². The van der Waals surface area contributed by atoms with Gasteiger partial charge in [-0.15, -0.1) is 0 Å². The average Bonchev–Trinajstić information content (AvgIpc) is 3.07. The topological polar surface area (TPSA) is 47.3 Å².